The van der Waals surface area contributed by atoms with E-state index in [4.69, 9.17) is 9.15 Å². The Balaban J connectivity index is 1.21. The molecule has 14 heteroatoms. The van der Waals surface area contributed by atoms with Gasteiger partial charge in [-0.25, -0.2) is 22.2 Å². The summed E-state index contributed by atoms with van der Waals surface area (Å²) in [4.78, 5) is 19.5. The summed E-state index contributed by atoms with van der Waals surface area (Å²) in [5.74, 6) is -1.78. The summed E-state index contributed by atoms with van der Waals surface area (Å²) in [5.41, 5.74) is 1.06. The van der Waals surface area contributed by atoms with Gasteiger partial charge >= 0.3 is 5.56 Å². The summed E-state index contributed by atoms with van der Waals surface area (Å²) in [6, 6.07) is 7.65. The van der Waals surface area contributed by atoms with Crippen molar-refractivity contribution in [1.29, 1.82) is 0 Å². The molecule has 2 aromatic carbocycles. The number of rotatable bonds is 9. The van der Waals surface area contributed by atoms with E-state index in [0.717, 1.165) is 29.7 Å². The highest BCUT2D eigenvalue weighted by Gasteiger charge is 2.39. The molecular weight excluding hydrogens is 572 g/mol. The highest BCUT2D eigenvalue weighted by Crippen LogP contribution is 2.45. The van der Waals surface area contributed by atoms with Gasteiger partial charge < -0.3 is 19.2 Å². The molecule has 1 saturated carbocycles. The molecule has 2 aromatic heterocycles. The van der Waals surface area contributed by atoms with Gasteiger partial charge in [0.15, 0.2) is 5.58 Å². The van der Waals surface area contributed by atoms with Crippen molar-refractivity contribution >= 4 is 26.8 Å². The van der Waals surface area contributed by atoms with Crippen LogP contribution in [-0.4, -0.2) is 65.4 Å². The van der Waals surface area contributed by atoms with Crippen molar-refractivity contribution in [2.24, 2.45) is 5.41 Å². The molecule has 2 fully saturated rings. The number of hydrogen-bond donors (Lipinski definition) is 1. The molecule has 0 unspecified atom stereocenters. The van der Waals surface area contributed by atoms with E-state index in [9.17, 15) is 27.1 Å². The average molecular weight is 602 g/mol. The molecule has 0 bridgehead atoms. The lowest BCUT2D eigenvalue weighted by Gasteiger charge is -2.35. The van der Waals surface area contributed by atoms with Gasteiger partial charge in [0.25, 0.3) is 0 Å². The molecule has 0 atom stereocenters. The van der Waals surface area contributed by atoms with Gasteiger partial charge in [-0.3, -0.25) is 4.79 Å². The molecule has 1 aliphatic heterocycles. The number of sulfonamides is 1. The first kappa shape index (κ1) is 28.2. The number of aliphatic hydroxyl groups excluding tert-OH is 1. The van der Waals surface area contributed by atoms with Crippen LogP contribution in [0.3, 0.4) is 0 Å². The van der Waals surface area contributed by atoms with Crippen molar-refractivity contribution in [2.45, 2.75) is 32.1 Å². The fourth-order valence-electron chi connectivity index (χ4n) is 4.92. The highest BCUT2D eigenvalue weighted by atomic mass is 32.2. The van der Waals surface area contributed by atoms with Crippen LogP contribution in [0.25, 0.3) is 16.8 Å². The quantitative estimate of drug-likeness (QED) is 0.308. The molecule has 4 aromatic rings. The molecule has 42 heavy (non-hydrogen) atoms. The van der Waals surface area contributed by atoms with E-state index in [0.29, 0.717) is 35.0 Å². The van der Waals surface area contributed by atoms with Crippen LogP contribution >= 0.6 is 0 Å². The molecule has 0 radical (unpaired) electrons. The summed E-state index contributed by atoms with van der Waals surface area (Å²) >= 11 is 0. The number of oxazole rings is 1. The number of anilines is 1. The van der Waals surface area contributed by atoms with Crippen LogP contribution in [0.1, 0.15) is 31.2 Å². The number of halogens is 2. The van der Waals surface area contributed by atoms with Gasteiger partial charge in [-0.15, -0.1) is 0 Å². The topological polar surface area (TPSA) is 131 Å². The van der Waals surface area contributed by atoms with Crippen molar-refractivity contribution in [3.8, 4) is 11.4 Å². The van der Waals surface area contributed by atoms with E-state index in [1.54, 1.807) is 18.2 Å². The van der Waals surface area contributed by atoms with Crippen molar-refractivity contribution in [3.05, 3.63) is 76.0 Å². The Morgan fingerprint density at radius 3 is 2.45 bits per heavy atom. The predicted octanol–water partition coefficient (Wildman–Crippen LogP) is 2.98. The monoisotopic (exact) mass is 601 g/mol. The molecule has 6 rings (SSSR count). The lowest BCUT2D eigenvalue weighted by atomic mass is 10.2. The first-order chi connectivity index (χ1) is 20.0. The minimum absolute atomic E-state index is 0.00158. The van der Waals surface area contributed by atoms with E-state index in [1.165, 1.54) is 10.5 Å². The van der Waals surface area contributed by atoms with Gasteiger partial charge in [-0.05, 0) is 42.7 Å². The minimum Gasteiger partial charge on any atom is -0.486 e. The number of nitrogens with zero attached hydrogens (tertiary/aromatic N) is 5. The molecule has 1 N–H and O–H groups in total. The second-order valence-corrected chi connectivity index (χ2v) is 13.0. The van der Waals surface area contributed by atoms with Crippen LogP contribution in [0.4, 0.5) is 14.5 Å². The SMILES string of the molecule is CC1(COc2c(N3CCN(S(=O)(=O)Cc4ccc5nc(CO)oc5c4)CC3)cnn(-c3cc(F)cc(F)c3)c2=O)CC1. The Kier molecular flexibility index (Phi) is 7.23. The molecule has 11 nitrogen and oxygen atoms in total. The van der Waals surface area contributed by atoms with E-state index in [-0.39, 0.29) is 61.3 Å². The zero-order valence-corrected chi connectivity index (χ0v) is 23.6. The van der Waals surface area contributed by atoms with Crippen LogP contribution in [-0.2, 0) is 22.4 Å². The molecule has 1 saturated heterocycles. The molecule has 2 aliphatic rings. The molecule has 3 heterocycles. The summed E-state index contributed by atoms with van der Waals surface area (Å²) in [7, 11) is -3.69. The highest BCUT2D eigenvalue weighted by molar-refractivity contribution is 7.88. The van der Waals surface area contributed by atoms with E-state index in [1.807, 2.05) is 11.8 Å². The lowest BCUT2D eigenvalue weighted by Crippen LogP contribution is -2.49. The fourth-order valence-corrected chi connectivity index (χ4v) is 6.43. The van der Waals surface area contributed by atoms with Crippen LogP contribution in [0.5, 0.6) is 5.75 Å². The third kappa shape index (κ3) is 5.74. The first-order valence-corrected chi connectivity index (χ1v) is 15.1. The molecule has 222 valence electrons. The zero-order chi connectivity index (χ0) is 29.6. The van der Waals surface area contributed by atoms with Crippen LogP contribution in [0.2, 0.25) is 0 Å². The van der Waals surface area contributed by atoms with Gasteiger partial charge in [0.05, 0.1) is 24.2 Å². The van der Waals surface area contributed by atoms with Gasteiger partial charge in [0.2, 0.25) is 21.7 Å². The third-order valence-electron chi connectivity index (χ3n) is 7.63. The zero-order valence-electron chi connectivity index (χ0n) is 22.8. The maximum absolute atomic E-state index is 13.9. The number of aromatic nitrogens is 3. The third-order valence-corrected chi connectivity index (χ3v) is 9.48. The Labute approximate surface area is 240 Å². The van der Waals surface area contributed by atoms with E-state index < -0.39 is 27.2 Å². The van der Waals surface area contributed by atoms with Gasteiger partial charge in [0, 0.05) is 37.7 Å². The predicted molar refractivity (Wildman–Crippen MR) is 149 cm³/mol. The molecule has 0 spiro atoms. The maximum atomic E-state index is 13.9. The van der Waals surface area contributed by atoms with Crippen LogP contribution in [0.15, 0.2) is 51.8 Å². The van der Waals surface area contributed by atoms with Crippen molar-refractivity contribution in [2.75, 3.05) is 37.7 Å². The summed E-state index contributed by atoms with van der Waals surface area (Å²) in [6.07, 6.45) is 3.32. The first-order valence-electron chi connectivity index (χ1n) is 13.5. The van der Waals surface area contributed by atoms with Crippen molar-refractivity contribution in [3.63, 3.8) is 0 Å². The average Bonchev–Trinajstić information content (AvgIpc) is 3.54. The Hall–Kier alpha value is -3.88. The second kappa shape index (κ2) is 10.7. The lowest BCUT2D eigenvalue weighted by molar-refractivity contribution is 0.242. The molecular formula is C28H29F2N5O6S. The second-order valence-electron chi connectivity index (χ2n) is 11.0. The Morgan fingerprint density at radius 1 is 1.07 bits per heavy atom. The Bertz CT molecular complexity index is 1790. The van der Waals surface area contributed by atoms with Gasteiger partial charge in [-0.1, -0.05) is 13.0 Å². The largest absolute Gasteiger partial charge is 0.486 e. The normalized spacial score (nSPS) is 17.1. The number of piperazine rings is 1. The van der Waals surface area contributed by atoms with Gasteiger partial charge in [0.1, 0.15) is 29.4 Å². The summed E-state index contributed by atoms with van der Waals surface area (Å²) < 4.78 is 68.1. The number of fused-ring (bicyclic) bond motifs is 1. The standard InChI is InChI=1S/C28H29F2N5O6S/c1-28(4-5-28)17-40-26-23(14-31-35(27(26)37)21-12-19(29)11-20(30)13-21)33-6-8-34(9-7-33)42(38,39)16-18-2-3-22-24(10-18)41-25(15-36)32-22/h2-3,10-14,36H,4-9,15-17H2,1H3. The minimum atomic E-state index is -3.69. The van der Waals surface area contributed by atoms with E-state index >= 15 is 0 Å². The summed E-state index contributed by atoms with van der Waals surface area (Å²) in [6.45, 7) is 2.85. The van der Waals surface area contributed by atoms with E-state index in [2.05, 4.69) is 10.1 Å². The van der Waals surface area contributed by atoms with Crippen LogP contribution < -0.4 is 15.2 Å². The molecule has 0 amide bonds. The Morgan fingerprint density at radius 2 is 1.79 bits per heavy atom. The number of hydrogen-bond acceptors (Lipinski definition) is 9. The number of aliphatic hydroxyl groups is 1. The number of ether oxygens (including phenoxy) is 1. The van der Waals surface area contributed by atoms with Gasteiger partial charge in [-0.2, -0.15) is 14.1 Å². The smallest absolute Gasteiger partial charge is 0.316 e. The summed E-state index contributed by atoms with van der Waals surface area (Å²) in [5, 5.41) is 13.4. The number of benzene rings is 2. The molecule has 1 aliphatic carbocycles. The van der Waals surface area contributed by atoms with Crippen LogP contribution in [0, 0.1) is 17.0 Å². The maximum Gasteiger partial charge on any atom is 0.316 e. The van der Waals surface area contributed by atoms with Crippen molar-refractivity contribution in [1.82, 2.24) is 19.1 Å². The fraction of sp³-hybridized carbons (Fsp3) is 0.393. The van der Waals surface area contributed by atoms with Crippen molar-refractivity contribution < 1.29 is 31.5 Å².